The number of hydrogen-bond acceptors (Lipinski definition) is 3. The minimum Gasteiger partial charge on any atom is -0.458 e. The molecule has 0 N–H and O–H groups in total. The first-order chi connectivity index (χ1) is 11.9. The van der Waals surface area contributed by atoms with E-state index in [-0.39, 0.29) is 28.2 Å². The van der Waals surface area contributed by atoms with Crippen LogP contribution in [0, 0.1) is 28.6 Å². The molecule has 3 nitrogen and oxygen atoms in total. The largest absolute Gasteiger partial charge is 0.458 e. The second kappa shape index (κ2) is 4.86. The molecule has 3 unspecified atom stereocenters. The van der Waals surface area contributed by atoms with Gasteiger partial charge in [0.05, 0.1) is 0 Å². The van der Waals surface area contributed by atoms with Crippen molar-refractivity contribution in [2.75, 3.05) is 0 Å². The standard InChI is InChI=1S/C22H28O3/c1-20-9-5-15(23)13-14(20)3-4-16-17(20)6-10-21(2)18(16)7-11-22(21)12-8-19(24)25-22/h3-4,13,16-18H,5-12H2,1-2H3/t16?,17?,18?,20-,21-,22+/m0/s1. The quantitative estimate of drug-likeness (QED) is 0.615. The Kier molecular flexibility index (Phi) is 3.08. The van der Waals surface area contributed by atoms with Crippen molar-refractivity contribution in [1.29, 1.82) is 0 Å². The molecule has 0 bridgehead atoms. The Morgan fingerprint density at radius 3 is 2.56 bits per heavy atom. The lowest BCUT2D eigenvalue weighted by Gasteiger charge is -2.57. The van der Waals surface area contributed by atoms with E-state index in [1.807, 2.05) is 6.08 Å². The lowest BCUT2D eigenvalue weighted by Crippen LogP contribution is -2.53. The van der Waals surface area contributed by atoms with Gasteiger partial charge in [0.25, 0.3) is 0 Å². The van der Waals surface area contributed by atoms with E-state index < -0.39 is 0 Å². The van der Waals surface area contributed by atoms with Crippen LogP contribution in [0.5, 0.6) is 0 Å². The van der Waals surface area contributed by atoms with Gasteiger partial charge in [-0.15, -0.1) is 0 Å². The zero-order valence-electron chi connectivity index (χ0n) is 15.3. The van der Waals surface area contributed by atoms with E-state index in [9.17, 15) is 9.59 Å². The van der Waals surface area contributed by atoms with Crippen LogP contribution in [0.25, 0.3) is 0 Å². The normalized spacial score (nSPS) is 51.0. The fraction of sp³-hybridized carbons (Fsp3) is 0.727. The van der Waals surface area contributed by atoms with Gasteiger partial charge in [0.2, 0.25) is 0 Å². The Morgan fingerprint density at radius 2 is 1.80 bits per heavy atom. The van der Waals surface area contributed by atoms with E-state index in [0.29, 0.717) is 30.6 Å². The first-order valence-corrected chi connectivity index (χ1v) is 10.0. The topological polar surface area (TPSA) is 43.4 Å². The number of ketones is 1. The molecule has 3 fully saturated rings. The van der Waals surface area contributed by atoms with Crippen LogP contribution in [0.4, 0.5) is 0 Å². The summed E-state index contributed by atoms with van der Waals surface area (Å²) in [6.45, 7) is 4.78. The average Bonchev–Trinajstić information content (AvgIpc) is 3.10. The number of carbonyl (C=O) groups excluding carboxylic acids is 2. The van der Waals surface area contributed by atoms with Gasteiger partial charge in [-0.3, -0.25) is 9.59 Å². The van der Waals surface area contributed by atoms with Gasteiger partial charge in [0, 0.05) is 18.3 Å². The highest BCUT2D eigenvalue weighted by Crippen LogP contribution is 2.68. The van der Waals surface area contributed by atoms with Gasteiger partial charge < -0.3 is 4.74 Å². The molecule has 2 saturated carbocycles. The number of ether oxygens (including phenoxy) is 1. The monoisotopic (exact) mass is 340 g/mol. The minimum absolute atomic E-state index is 0.00570. The highest BCUT2D eigenvalue weighted by Gasteiger charge is 2.66. The van der Waals surface area contributed by atoms with Crippen LogP contribution in [0.1, 0.15) is 65.2 Å². The molecular weight excluding hydrogens is 312 g/mol. The maximum atomic E-state index is 11.9. The molecule has 4 aliphatic carbocycles. The van der Waals surface area contributed by atoms with E-state index in [4.69, 9.17) is 4.74 Å². The van der Waals surface area contributed by atoms with Crippen LogP contribution in [0.3, 0.4) is 0 Å². The van der Waals surface area contributed by atoms with Crippen molar-refractivity contribution < 1.29 is 14.3 Å². The second-order valence-electron chi connectivity index (χ2n) is 9.60. The first kappa shape index (κ1) is 15.8. The number of carbonyl (C=O) groups is 2. The van der Waals surface area contributed by atoms with Crippen molar-refractivity contribution in [3.63, 3.8) is 0 Å². The number of esters is 1. The molecular formula is C22H28O3. The number of rotatable bonds is 0. The van der Waals surface area contributed by atoms with Gasteiger partial charge in [-0.05, 0) is 73.3 Å². The van der Waals surface area contributed by atoms with Crippen molar-refractivity contribution in [2.45, 2.75) is 70.8 Å². The van der Waals surface area contributed by atoms with Gasteiger partial charge in [-0.1, -0.05) is 26.0 Å². The Morgan fingerprint density at radius 1 is 1.00 bits per heavy atom. The van der Waals surface area contributed by atoms with Crippen molar-refractivity contribution >= 4 is 11.8 Å². The summed E-state index contributed by atoms with van der Waals surface area (Å²) in [5.41, 5.74) is 1.32. The summed E-state index contributed by atoms with van der Waals surface area (Å²) >= 11 is 0. The predicted molar refractivity (Wildman–Crippen MR) is 94.7 cm³/mol. The van der Waals surface area contributed by atoms with Gasteiger partial charge in [-0.25, -0.2) is 0 Å². The summed E-state index contributed by atoms with van der Waals surface area (Å²) in [6, 6.07) is 0. The molecule has 3 heteroatoms. The molecule has 0 aromatic carbocycles. The molecule has 5 aliphatic rings. The van der Waals surface area contributed by atoms with Crippen LogP contribution in [-0.2, 0) is 14.3 Å². The summed E-state index contributed by atoms with van der Waals surface area (Å²) in [4.78, 5) is 23.8. The number of allylic oxidation sites excluding steroid dienone is 4. The van der Waals surface area contributed by atoms with Gasteiger partial charge in [0.1, 0.15) is 5.60 Å². The maximum absolute atomic E-state index is 11.9. The Balaban J connectivity index is 1.53. The number of fused-ring (bicyclic) bond motifs is 6. The summed E-state index contributed by atoms with van der Waals surface area (Å²) < 4.78 is 5.99. The lowest BCUT2D eigenvalue weighted by atomic mass is 9.48. The molecule has 0 aromatic heterocycles. The highest BCUT2D eigenvalue weighted by atomic mass is 16.6. The SMILES string of the molecule is C[C@]12CCC(=O)C=C1C=CC1C2CC[C@@]2(C)C1CC[C@@]21CCC(=O)O1. The first-order valence-electron chi connectivity index (χ1n) is 10.0. The van der Waals surface area contributed by atoms with Gasteiger partial charge >= 0.3 is 5.97 Å². The second-order valence-corrected chi connectivity index (χ2v) is 9.60. The summed E-state index contributed by atoms with van der Waals surface area (Å²) in [5, 5.41) is 0. The molecule has 1 saturated heterocycles. The fourth-order valence-corrected chi connectivity index (χ4v) is 7.29. The zero-order chi connectivity index (χ0) is 17.4. The molecule has 134 valence electrons. The third kappa shape index (κ3) is 1.88. The van der Waals surface area contributed by atoms with E-state index in [2.05, 4.69) is 26.0 Å². The van der Waals surface area contributed by atoms with E-state index >= 15 is 0 Å². The molecule has 0 amide bonds. The van der Waals surface area contributed by atoms with Crippen molar-refractivity contribution in [2.24, 2.45) is 28.6 Å². The smallest absolute Gasteiger partial charge is 0.306 e. The van der Waals surface area contributed by atoms with Crippen molar-refractivity contribution in [1.82, 2.24) is 0 Å². The van der Waals surface area contributed by atoms with E-state index in [1.54, 1.807) is 0 Å². The molecule has 6 atom stereocenters. The van der Waals surface area contributed by atoms with Gasteiger partial charge in [0.15, 0.2) is 5.78 Å². The molecule has 1 aliphatic heterocycles. The predicted octanol–water partition coefficient (Wildman–Crippen LogP) is 4.37. The molecule has 1 heterocycles. The minimum atomic E-state index is -0.201. The maximum Gasteiger partial charge on any atom is 0.306 e. The van der Waals surface area contributed by atoms with Crippen LogP contribution in [-0.4, -0.2) is 17.4 Å². The van der Waals surface area contributed by atoms with E-state index in [1.165, 1.54) is 18.4 Å². The van der Waals surface area contributed by atoms with Gasteiger partial charge in [-0.2, -0.15) is 0 Å². The van der Waals surface area contributed by atoms with Crippen molar-refractivity contribution in [3.8, 4) is 0 Å². The Hall–Kier alpha value is -1.38. The lowest BCUT2D eigenvalue weighted by molar-refractivity contribution is -0.165. The molecule has 0 aromatic rings. The third-order valence-corrected chi connectivity index (χ3v) is 8.85. The van der Waals surface area contributed by atoms with Crippen LogP contribution in [0.2, 0.25) is 0 Å². The Labute approximate surface area is 149 Å². The fourth-order valence-electron chi connectivity index (χ4n) is 7.29. The van der Waals surface area contributed by atoms with Crippen LogP contribution >= 0.6 is 0 Å². The van der Waals surface area contributed by atoms with Crippen LogP contribution in [0.15, 0.2) is 23.8 Å². The Bertz CT molecular complexity index is 719. The molecule has 25 heavy (non-hydrogen) atoms. The van der Waals surface area contributed by atoms with Crippen molar-refractivity contribution in [3.05, 3.63) is 23.8 Å². The highest BCUT2D eigenvalue weighted by molar-refractivity contribution is 5.92. The average molecular weight is 340 g/mol. The number of hydrogen-bond donors (Lipinski definition) is 0. The van der Waals surface area contributed by atoms with Crippen LogP contribution < -0.4 is 0 Å². The molecule has 0 radical (unpaired) electrons. The molecule has 5 rings (SSSR count). The summed E-state index contributed by atoms with van der Waals surface area (Å²) in [6.07, 6.45) is 14.3. The molecule has 1 spiro atoms. The summed E-state index contributed by atoms with van der Waals surface area (Å²) in [5.74, 6) is 2.08. The zero-order valence-corrected chi connectivity index (χ0v) is 15.3. The third-order valence-electron chi connectivity index (χ3n) is 8.85. The van der Waals surface area contributed by atoms with E-state index in [0.717, 1.165) is 25.7 Å². The summed E-state index contributed by atoms with van der Waals surface area (Å²) in [7, 11) is 0.